The van der Waals surface area contributed by atoms with Gasteiger partial charge in [-0.25, -0.2) is 0 Å². The van der Waals surface area contributed by atoms with Crippen molar-refractivity contribution in [3.63, 3.8) is 0 Å². The van der Waals surface area contributed by atoms with Crippen molar-refractivity contribution in [3.05, 3.63) is 41.5 Å². The fourth-order valence-electron chi connectivity index (χ4n) is 2.94. The summed E-state index contributed by atoms with van der Waals surface area (Å²) in [6.07, 6.45) is 3.69. The number of rotatable bonds is 3. The van der Waals surface area contributed by atoms with Gasteiger partial charge in [-0.05, 0) is 54.5 Å². The average Bonchev–Trinajstić information content (AvgIpc) is 2.50. The van der Waals surface area contributed by atoms with E-state index in [1.54, 1.807) is 19.2 Å². The molecule has 110 valence electrons. The third-order valence-electron chi connectivity index (χ3n) is 4.13. The van der Waals surface area contributed by atoms with Crippen molar-refractivity contribution < 1.29 is 4.74 Å². The van der Waals surface area contributed by atoms with Gasteiger partial charge in [-0.15, -0.1) is 0 Å². The summed E-state index contributed by atoms with van der Waals surface area (Å²) >= 11 is 0. The molecular weight excluding hydrogens is 262 g/mol. The van der Waals surface area contributed by atoms with E-state index in [4.69, 9.17) is 10.5 Å². The molecule has 0 spiro atoms. The highest BCUT2D eigenvalue weighted by atomic mass is 16.5. The Morgan fingerprint density at radius 2 is 2.14 bits per heavy atom. The minimum atomic E-state index is 0.554. The summed E-state index contributed by atoms with van der Waals surface area (Å²) in [5.74, 6) is 1.85. The van der Waals surface area contributed by atoms with E-state index in [1.165, 1.54) is 24.0 Å². The average molecular weight is 283 g/mol. The number of benzene rings is 1. The Kier molecular flexibility index (Phi) is 3.69. The largest absolute Gasteiger partial charge is 0.481 e. The second-order valence-corrected chi connectivity index (χ2v) is 5.62. The lowest BCUT2D eigenvalue weighted by molar-refractivity contribution is 0.398. The lowest BCUT2D eigenvalue weighted by Crippen LogP contribution is -2.08. The van der Waals surface area contributed by atoms with Crippen LogP contribution in [0.1, 0.15) is 36.8 Å². The molecule has 0 aliphatic heterocycles. The molecule has 0 fully saturated rings. The van der Waals surface area contributed by atoms with Crippen LogP contribution in [-0.2, 0) is 6.42 Å². The SMILES string of the molecule is COc1ccc(N)c(Nc2ccc3c(c2)CCCC3C)n1. The zero-order valence-corrected chi connectivity index (χ0v) is 12.5. The van der Waals surface area contributed by atoms with Crippen molar-refractivity contribution in [1.82, 2.24) is 4.98 Å². The number of aryl methyl sites for hydroxylation is 1. The molecule has 1 unspecified atom stereocenters. The van der Waals surface area contributed by atoms with Gasteiger partial charge in [-0.3, -0.25) is 0 Å². The number of ether oxygens (including phenoxy) is 1. The van der Waals surface area contributed by atoms with Gasteiger partial charge in [0.2, 0.25) is 5.88 Å². The zero-order chi connectivity index (χ0) is 14.8. The molecule has 3 rings (SSSR count). The van der Waals surface area contributed by atoms with Crippen LogP contribution in [0.3, 0.4) is 0 Å². The van der Waals surface area contributed by atoms with Crippen LogP contribution in [0.4, 0.5) is 17.2 Å². The van der Waals surface area contributed by atoms with Gasteiger partial charge in [0, 0.05) is 11.8 Å². The van der Waals surface area contributed by atoms with Gasteiger partial charge < -0.3 is 15.8 Å². The number of fused-ring (bicyclic) bond motifs is 1. The van der Waals surface area contributed by atoms with Crippen molar-refractivity contribution in [1.29, 1.82) is 0 Å². The molecule has 0 saturated heterocycles. The highest BCUT2D eigenvalue weighted by Gasteiger charge is 2.16. The van der Waals surface area contributed by atoms with Crippen molar-refractivity contribution in [2.45, 2.75) is 32.1 Å². The number of methoxy groups -OCH3 is 1. The highest BCUT2D eigenvalue weighted by molar-refractivity contribution is 5.69. The molecule has 1 atom stereocenters. The number of pyridine rings is 1. The summed E-state index contributed by atoms with van der Waals surface area (Å²) in [6, 6.07) is 10.1. The van der Waals surface area contributed by atoms with E-state index in [2.05, 4.69) is 35.4 Å². The minimum absolute atomic E-state index is 0.554. The van der Waals surface area contributed by atoms with Gasteiger partial charge in [0.25, 0.3) is 0 Å². The predicted molar refractivity (Wildman–Crippen MR) is 86.3 cm³/mol. The standard InChI is InChI=1S/C17H21N3O/c1-11-4-3-5-12-10-13(6-7-14(11)12)19-17-15(18)8-9-16(20-17)21-2/h6-11H,3-5,18H2,1-2H3,(H,19,20). The molecule has 1 aliphatic rings. The van der Waals surface area contributed by atoms with Crippen molar-refractivity contribution in [3.8, 4) is 5.88 Å². The van der Waals surface area contributed by atoms with Gasteiger partial charge in [0.05, 0.1) is 12.8 Å². The number of nitrogens with two attached hydrogens (primary N) is 1. The van der Waals surface area contributed by atoms with Gasteiger partial charge in [0.15, 0.2) is 5.82 Å². The maximum atomic E-state index is 5.97. The molecule has 1 aromatic heterocycles. The molecular formula is C17H21N3O. The van der Waals surface area contributed by atoms with Crippen molar-refractivity contribution in [2.24, 2.45) is 0 Å². The first-order valence-corrected chi connectivity index (χ1v) is 7.37. The van der Waals surface area contributed by atoms with Gasteiger partial charge in [0.1, 0.15) is 0 Å². The molecule has 0 bridgehead atoms. The Hall–Kier alpha value is -2.23. The molecule has 0 amide bonds. The Morgan fingerprint density at radius 3 is 2.95 bits per heavy atom. The summed E-state index contributed by atoms with van der Waals surface area (Å²) in [6.45, 7) is 2.30. The van der Waals surface area contributed by atoms with E-state index in [-0.39, 0.29) is 0 Å². The van der Waals surface area contributed by atoms with E-state index in [0.717, 1.165) is 12.1 Å². The molecule has 4 heteroatoms. The maximum absolute atomic E-state index is 5.97. The monoisotopic (exact) mass is 283 g/mol. The van der Waals surface area contributed by atoms with Crippen LogP contribution in [-0.4, -0.2) is 12.1 Å². The third-order valence-corrected chi connectivity index (χ3v) is 4.13. The Labute approximate surface area is 125 Å². The molecule has 21 heavy (non-hydrogen) atoms. The highest BCUT2D eigenvalue weighted by Crippen LogP contribution is 2.33. The summed E-state index contributed by atoms with van der Waals surface area (Å²) < 4.78 is 5.15. The first-order valence-electron chi connectivity index (χ1n) is 7.37. The molecule has 0 saturated carbocycles. The molecule has 1 heterocycles. The van der Waals surface area contributed by atoms with Crippen LogP contribution in [0.2, 0.25) is 0 Å². The minimum Gasteiger partial charge on any atom is -0.481 e. The molecule has 1 aliphatic carbocycles. The van der Waals surface area contributed by atoms with Crippen LogP contribution in [0.15, 0.2) is 30.3 Å². The Morgan fingerprint density at radius 1 is 1.29 bits per heavy atom. The molecule has 0 radical (unpaired) electrons. The molecule has 1 aromatic carbocycles. The second kappa shape index (κ2) is 5.64. The van der Waals surface area contributed by atoms with Crippen LogP contribution < -0.4 is 15.8 Å². The second-order valence-electron chi connectivity index (χ2n) is 5.62. The smallest absolute Gasteiger partial charge is 0.215 e. The Balaban J connectivity index is 1.88. The van der Waals surface area contributed by atoms with E-state index in [9.17, 15) is 0 Å². The first-order chi connectivity index (χ1) is 10.2. The van der Waals surface area contributed by atoms with E-state index >= 15 is 0 Å². The molecule has 3 N–H and O–H groups in total. The van der Waals surface area contributed by atoms with Gasteiger partial charge in [-0.1, -0.05) is 13.0 Å². The maximum Gasteiger partial charge on any atom is 0.215 e. The zero-order valence-electron chi connectivity index (χ0n) is 12.5. The van der Waals surface area contributed by atoms with Gasteiger partial charge >= 0.3 is 0 Å². The van der Waals surface area contributed by atoms with Crippen LogP contribution in [0, 0.1) is 0 Å². The number of hydrogen-bond donors (Lipinski definition) is 2. The number of nitrogens with zero attached hydrogens (tertiary/aromatic N) is 1. The quantitative estimate of drug-likeness (QED) is 0.898. The third kappa shape index (κ3) is 2.79. The molecule has 4 nitrogen and oxygen atoms in total. The normalized spacial score (nSPS) is 17.1. The topological polar surface area (TPSA) is 60.2 Å². The van der Waals surface area contributed by atoms with Crippen molar-refractivity contribution in [2.75, 3.05) is 18.2 Å². The van der Waals surface area contributed by atoms with Gasteiger partial charge in [-0.2, -0.15) is 4.98 Å². The number of aromatic nitrogens is 1. The number of nitrogen functional groups attached to an aromatic ring is 1. The fourth-order valence-corrected chi connectivity index (χ4v) is 2.94. The predicted octanol–water partition coefficient (Wildman–Crippen LogP) is 3.86. The first kappa shape index (κ1) is 13.7. The van der Waals surface area contributed by atoms with Crippen molar-refractivity contribution >= 4 is 17.2 Å². The van der Waals surface area contributed by atoms with E-state index in [1.807, 2.05) is 0 Å². The number of nitrogens with one attached hydrogen (secondary N) is 1. The Bertz CT molecular complexity index is 654. The summed E-state index contributed by atoms with van der Waals surface area (Å²) in [5.41, 5.74) is 10.5. The summed E-state index contributed by atoms with van der Waals surface area (Å²) in [7, 11) is 1.60. The summed E-state index contributed by atoms with van der Waals surface area (Å²) in [5, 5.41) is 3.30. The lowest BCUT2D eigenvalue weighted by atomic mass is 9.84. The fraction of sp³-hybridized carbons (Fsp3) is 0.353. The lowest BCUT2D eigenvalue weighted by Gasteiger charge is -2.23. The van der Waals surface area contributed by atoms with Crippen LogP contribution in [0.5, 0.6) is 5.88 Å². The van der Waals surface area contributed by atoms with E-state index in [0.29, 0.717) is 23.3 Å². The van der Waals surface area contributed by atoms with E-state index < -0.39 is 0 Å². The van der Waals surface area contributed by atoms with Crippen LogP contribution >= 0.6 is 0 Å². The number of hydrogen-bond acceptors (Lipinski definition) is 4. The number of anilines is 3. The summed E-state index contributed by atoms with van der Waals surface area (Å²) in [4.78, 5) is 4.35. The van der Waals surface area contributed by atoms with Crippen LogP contribution in [0.25, 0.3) is 0 Å². The molecule has 2 aromatic rings.